The summed E-state index contributed by atoms with van der Waals surface area (Å²) in [4.78, 5) is 2.61. The standard InChI is InChI=1S/C22H18Cl2N2S4/c23-17-5-1-15(2-6-17)19-13-21(29-27-19)25-9-11-26(12-10-25)22-14-20(28-30-22)16-3-7-18(24)8-4-16/h1-8,13-14H,9-12H2/q+2. The number of nitrogens with zero attached hydrogens (tertiary/aromatic N) is 2. The van der Waals surface area contributed by atoms with Crippen LogP contribution in [-0.2, 0) is 0 Å². The number of hydrogen-bond donors (Lipinski definition) is 0. The predicted molar refractivity (Wildman–Crippen MR) is 135 cm³/mol. The van der Waals surface area contributed by atoms with E-state index in [9.17, 15) is 0 Å². The minimum atomic E-state index is 0.782. The van der Waals surface area contributed by atoms with Crippen LogP contribution in [0.3, 0.4) is 0 Å². The van der Waals surface area contributed by atoms with Gasteiger partial charge in [-0.15, -0.1) is 0 Å². The van der Waals surface area contributed by atoms with Crippen LogP contribution < -0.4 is 18.5 Å². The van der Waals surface area contributed by atoms with E-state index in [2.05, 4.69) is 45.5 Å². The summed E-state index contributed by atoms with van der Waals surface area (Å²) in [7, 11) is 7.41. The average Bonchev–Trinajstić information content (AvgIpc) is 3.45. The highest BCUT2D eigenvalue weighted by Crippen LogP contribution is 2.27. The molecular formula is C22H18Cl2N2S4+2. The maximum Gasteiger partial charge on any atom is 0.267 e. The van der Waals surface area contributed by atoms with Crippen LogP contribution in [0.2, 0.25) is 10.0 Å². The second-order valence-electron chi connectivity index (χ2n) is 7.01. The molecule has 1 aliphatic heterocycles. The molecule has 30 heavy (non-hydrogen) atoms. The van der Waals surface area contributed by atoms with Crippen LogP contribution in [0.25, 0.3) is 20.9 Å². The van der Waals surface area contributed by atoms with E-state index in [1.54, 1.807) is 0 Å². The Balaban J connectivity index is 1.36. The maximum atomic E-state index is 6.02. The fourth-order valence-electron chi connectivity index (χ4n) is 3.42. The Morgan fingerprint density at radius 2 is 0.900 bits per heavy atom. The Bertz CT molecular complexity index is 1190. The van der Waals surface area contributed by atoms with Gasteiger partial charge in [0.15, 0.2) is 0 Å². The van der Waals surface area contributed by atoms with Crippen molar-refractivity contribution in [1.29, 1.82) is 0 Å². The minimum Gasteiger partial charge on any atom is -0.207 e. The molecule has 0 aliphatic carbocycles. The Hall–Kier alpha value is -1.28. The molecule has 5 rings (SSSR count). The number of hydrogen-bond acceptors (Lipinski definition) is 4. The van der Waals surface area contributed by atoms with Crippen molar-refractivity contribution < 1.29 is 0 Å². The Morgan fingerprint density at radius 3 is 1.27 bits per heavy atom. The first-order valence-corrected chi connectivity index (χ1v) is 14.6. The number of rotatable bonds is 2. The van der Waals surface area contributed by atoms with E-state index >= 15 is 0 Å². The molecule has 0 spiro atoms. The zero-order chi connectivity index (χ0) is 20.5. The molecule has 1 fully saturated rings. The van der Waals surface area contributed by atoms with Crippen LogP contribution in [-0.4, -0.2) is 26.2 Å². The molecule has 0 bridgehead atoms. The van der Waals surface area contributed by atoms with Crippen molar-refractivity contribution >= 4 is 64.6 Å². The van der Waals surface area contributed by atoms with Gasteiger partial charge in [0.1, 0.15) is 0 Å². The molecule has 0 atom stereocenters. The van der Waals surface area contributed by atoms with Crippen molar-refractivity contribution in [2.45, 2.75) is 0 Å². The smallest absolute Gasteiger partial charge is 0.207 e. The van der Waals surface area contributed by atoms with Gasteiger partial charge in [0, 0.05) is 22.2 Å². The molecule has 2 aromatic carbocycles. The molecule has 8 heteroatoms. The highest BCUT2D eigenvalue weighted by atomic mass is 35.5. The van der Waals surface area contributed by atoms with Crippen LogP contribution in [0.15, 0.2) is 60.7 Å². The maximum absolute atomic E-state index is 6.02. The Kier molecular flexibility index (Phi) is 6.23. The average molecular weight is 510 g/mol. The van der Waals surface area contributed by atoms with Gasteiger partial charge in [0.05, 0.1) is 9.75 Å². The van der Waals surface area contributed by atoms with Crippen LogP contribution in [0.5, 0.6) is 0 Å². The molecule has 1 saturated heterocycles. The van der Waals surface area contributed by atoms with Crippen LogP contribution in [0, 0.1) is 0 Å². The van der Waals surface area contributed by atoms with Crippen LogP contribution in [0.1, 0.15) is 0 Å². The molecule has 0 unspecified atom stereocenters. The Morgan fingerprint density at radius 1 is 0.533 bits per heavy atom. The van der Waals surface area contributed by atoms with Gasteiger partial charge in [0.25, 0.3) is 9.34 Å². The highest BCUT2D eigenvalue weighted by molar-refractivity contribution is 7.70. The van der Waals surface area contributed by atoms with Crippen LogP contribution in [0.4, 0.5) is 0 Å². The third kappa shape index (κ3) is 4.49. The first-order chi connectivity index (χ1) is 14.7. The quantitative estimate of drug-likeness (QED) is 0.237. The normalized spacial score (nSPS) is 14.3. The zero-order valence-corrected chi connectivity index (χ0v) is 20.7. The van der Waals surface area contributed by atoms with Crippen molar-refractivity contribution in [3.8, 4) is 20.9 Å². The molecule has 1 aliphatic rings. The predicted octanol–water partition coefficient (Wildman–Crippen LogP) is 5.83. The minimum absolute atomic E-state index is 0.782. The number of piperazine rings is 1. The fraction of sp³-hybridized carbons (Fsp3) is 0.182. The van der Waals surface area contributed by atoms with E-state index < -0.39 is 0 Å². The second-order valence-corrected chi connectivity index (χ2v) is 12.3. The second kappa shape index (κ2) is 9.07. The van der Waals surface area contributed by atoms with Crippen molar-refractivity contribution in [2.75, 3.05) is 26.2 Å². The summed E-state index contributed by atoms with van der Waals surface area (Å²) in [6.45, 7) is 4.19. The van der Waals surface area contributed by atoms with Gasteiger partial charge >= 0.3 is 0 Å². The number of halogens is 2. The largest absolute Gasteiger partial charge is 0.267 e. The SMILES string of the molecule is Clc1ccc(-c2cc(=[N+]3CC[N+](=c4cc(-c5ccc(Cl)cc5)ss4)CC3)ss2)cc1. The molecule has 0 N–H and O–H groups in total. The van der Waals surface area contributed by atoms with E-state index in [4.69, 9.17) is 23.2 Å². The van der Waals surface area contributed by atoms with Crippen molar-refractivity contribution in [2.24, 2.45) is 0 Å². The van der Waals surface area contributed by atoms with Crippen molar-refractivity contribution in [1.82, 2.24) is 9.15 Å². The summed E-state index contributed by atoms with van der Waals surface area (Å²) < 4.78 is 7.74. The van der Waals surface area contributed by atoms with Crippen molar-refractivity contribution in [3.63, 3.8) is 0 Å². The van der Waals surface area contributed by atoms with Gasteiger partial charge in [-0.25, -0.2) is 9.15 Å². The molecule has 2 nitrogen and oxygen atoms in total. The highest BCUT2D eigenvalue weighted by Gasteiger charge is 2.23. The molecule has 3 heterocycles. The van der Waals surface area contributed by atoms with Crippen molar-refractivity contribution in [3.05, 3.63) is 80.1 Å². The van der Waals surface area contributed by atoms with Crippen LogP contribution >= 0.6 is 64.6 Å². The third-order valence-corrected chi connectivity index (χ3v) is 10.5. The lowest BCUT2D eigenvalue weighted by Gasteiger charge is -2.08. The summed E-state index contributed by atoms with van der Waals surface area (Å²) in [5, 5.41) is 1.56. The summed E-state index contributed by atoms with van der Waals surface area (Å²) in [5.41, 5.74) is 2.47. The van der Waals surface area contributed by atoms with Gasteiger partial charge in [-0.3, -0.25) is 0 Å². The van der Waals surface area contributed by atoms with Gasteiger partial charge in [0.2, 0.25) is 26.2 Å². The molecule has 0 saturated carbocycles. The first-order valence-electron chi connectivity index (χ1n) is 9.54. The lowest BCUT2D eigenvalue weighted by Crippen LogP contribution is -2.48. The van der Waals surface area contributed by atoms with E-state index in [0.29, 0.717) is 0 Å². The van der Waals surface area contributed by atoms with E-state index in [-0.39, 0.29) is 0 Å². The molecule has 0 radical (unpaired) electrons. The summed E-state index contributed by atoms with van der Waals surface area (Å²) >= 11 is 12.0. The number of benzene rings is 2. The lowest BCUT2D eigenvalue weighted by atomic mass is 10.2. The van der Waals surface area contributed by atoms with E-state index in [1.165, 1.54) is 30.2 Å². The van der Waals surface area contributed by atoms with Gasteiger partial charge in [-0.1, -0.05) is 68.1 Å². The summed E-state index contributed by atoms with van der Waals surface area (Å²) in [5.74, 6) is 0. The first kappa shape index (κ1) is 20.6. The lowest BCUT2D eigenvalue weighted by molar-refractivity contribution is 0.422. The monoisotopic (exact) mass is 508 g/mol. The molecule has 2 aromatic heterocycles. The van der Waals surface area contributed by atoms with Gasteiger partial charge in [-0.2, -0.15) is 0 Å². The third-order valence-electron chi connectivity index (χ3n) is 5.10. The Labute approximate surface area is 199 Å². The van der Waals surface area contributed by atoms with Gasteiger partial charge < -0.3 is 0 Å². The van der Waals surface area contributed by atoms with E-state index in [0.717, 1.165) is 36.2 Å². The fourth-order valence-corrected chi connectivity index (χ4v) is 8.70. The topological polar surface area (TPSA) is 6.02 Å². The summed E-state index contributed by atoms with van der Waals surface area (Å²) in [6, 6.07) is 20.9. The molecular weight excluding hydrogens is 491 g/mol. The van der Waals surface area contributed by atoms with E-state index in [1.807, 2.05) is 65.6 Å². The zero-order valence-electron chi connectivity index (χ0n) is 15.9. The molecule has 152 valence electrons. The molecule has 0 amide bonds. The molecule has 4 aromatic rings. The summed E-state index contributed by atoms with van der Waals surface area (Å²) in [6.07, 6.45) is 0. The van der Waals surface area contributed by atoms with Gasteiger partial charge in [-0.05, 0) is 56.1 Å².